The fraction of sp³-hybridized carbons (Fsp3) is 0.696. The molecule has 1 saturated heterocycles. The van der Waals surface area contributed by atoms with Gasteiger partial charge < -0.3 is 13.9 Å². The van der Waals surface area contributed by atoms with Crippen molar-refractivity contribution in [3.8, 4) is 0 Å². The highest BCUT2D eigenvalue weighted by atomic mass is 19.1. The molecule has 4 rings (SSSR count). The number of methoxy groups -OCH3 is 1. The molecule has 0 amide bonds. The lowest BCUT2D eigenvalue weighted by Crippen LogP contribution is -2.53. The first-order valence-electron chi connectivity index (χ1n) is 11.1. The second-order valence-electron chi connectivity index (χ2n) is 9.09. The molecule has 0 spiro atoms. The van der Waals surface area contributed by atoms with Gasteiger partial charge in [0.1, 0.15) is 5.82 Å². The molecule has 0 N–H and O–H groups in total. The molecule has 0 radical (unpaired) electrons. The van der Waals surface area contributed by atoms with Crippen LogP contribution in [0.1, 0.15) is 57.1 Å². The highest BCUT2D eigenvalue weighted by Gasteiger charge is 2.38. The number of likely N-dealkylation sites (tertiary alicyclic amines) is 1. The Labute approximate surface area is 176 Å². The number of nitrogens with zero attached hydrogens (tertiary/aromatic N) is 2. The first kappa shape index (κ1) is 21.5. The number of oxazole rings is 1. The average Bonchev–Trinajstić information content (AvgIpc) is 3.05. The summed E-state index contributed by atoms with van der Waals surface area (Å²) in [6.45, 7) is 7.31. The van der Waals surface area contributed by atoms with Crippen molar-refractivity contribution in [2.24, 2.45) is 0 Å². The third-order valence-corrected chi connectivity index (χ3v) is 7.14. The SMILES string of the molecule is COCCO[C@H]1CC[C@](C)(N2CCC(n3c(=O)oc4cc(F)c(C)cc43)CC2)CC1. The molecule has 0 bridgehead atoms. The summed E-state index contributed by atoms with van der Waals surface area (Å²) in [5.74, 6) is -0.721. The van der Waals surface area contributed by atoms with Crippen molar-refractivity contribution >= 4 is 11.1 Å². The van der Waals surface area contributed by atoms with Gasteiger partial charge in [-0.1, -0.05) is 0 Å². The summed E-state index contributed by atoms with van der Waals surface area (Å²) in [5.41, 5.74) is 1.77. The molecule has 2 aliphatic rings. The van der Waals surface area contributed by atoms with E-state index in [0.717, 1.165) is 51.6 Å². The molecule has 1 aliphatic carbocycles. The molecule has 2 aromatic rings. The van der Waals surface area contributed by atoms with Gasteiger partial charge in [-0.3, -0.25) is 9.47 Å². The third-order valence-electron chi connectivity index (χ3n) is 7.14. The van der Waals surface area contributed by atoms with Gasteiger partial charge in [-0.25, -0.2) is 9.18 Å². The maximum atomic E-state index is 13.9. The lowest BCUT2D eigenvalue weighted by Gasteiger charge is -2.48. The molecule has 0 unspecified atom stereocenters. The Hall–Kier alpha value is -1.70. The molecule has 1 aromatic carbocycles. The topological polar surface area (TPSA) is 56.8 Å². The van der Waals surface area contributed by atoms with Crippen molar-refractivity contribution < 1.29 is 18.3 Å². The molecule has 7 heteroatoms. The number of benzene rings is 1. The van der Waals surface area contributed by atoms with Crippen LogP contribution in [0, 0.1) is 12.7 Å². The minimum atomic E-state index is -0.381. The number of ether oxygens (including phenoxy) is 2. The van der Waals surface area contributed by atoms with Crippen LogP contribution in [0.2, 0.25) is 0 Å². The molecule has 166 valence electrons. The largest absolute Gasteiger partial charge is 0.420 e. The van der Waals surface area contributed by atoms with Gasteiger partial charge in [0.05, 0.1) is 24.8 Å². The smallest absolute Gasteiger partial charge is 0.408 e. The number of fused-ring (bicyclic) bond motifs is 1. The Balaban J connectivity index is 1.39. The number of hydrogen-bond donors (Lipinski definition) is 0. The van der Waals surface area contributed by atoms with E-state index in [1.54, 1.807) is 24.7 Å². The Morgan fingerprint density at radius 2 is 1.87 bits per heavy atom. The van der Waals surface area contributed by atoms with Crippen LogP contribution in [0.15, 0.2) is 21.3 Å². The minimum Gasteiger partial charge on any atom is -0.408 e. The fourth-order valence-corrected chi connectivity index (χ4v) is 5.16. The van der Waals surface area contributed by atoms with E-state index < -0.39 is 0 Å². The molecule has 30 heavy (non-hydrogen) atoms. The maximum Gasteiger partial charge on any atom is 0.420 e. The second-order valence-corrected chi connectivity index (χ2v) is 9.09. The molecular weight excluding hydrogens is 387 g/mol. The van der Waals surface area contributed by atoms with Gasteiger partial charge in [0.25, 0.3) is 0 Å². The predicted molar refractivity (Wildman–Crippen MR) is 114 cm³/mol. The zero-order valence-electron chi connectivity index (χ0n) is 18.3. The lowest BCUT2D eigenvalue weighted by molar-refractivity contribution is -0.0419. The molecule has 6 nitrogen and oxygen atoms in total. The van der Waals surface area contributed by atoms with Crippen LogP contribution in [-0.2, 0) is 9.47 Å². The van der Waals surface area contributed by atoms with Crippen LogP contribution >= 0.6 is 0 Å². The lowest BCUT2D eigenvalue weighted by atomic mass is 9.79. The normalized spacial score (nSPS) is 26.5. The Morgan fingerprint density at radius 1 is 1.17 bits per heavy atom. The highest BCUT2D eigenvalue weighted by Crippen LogP contribution is 2.38. The van der Waals surface area contributed by atoms with Gasteiger partial charge in [-0.15, -0.1) is 0 Å². The third kappa shape index (κ3) is 4.20. The van der Waals surface area contributed by atoms with Gasteiger partial charge in [-0.05, 0) is 64.0 Å². The number of halogens is 1. The van der Waals surface area contributed by atoms with Crippen LogP contribution in [0.25, 0.3) is 11.1 Å². The van der Waals surface area contributed by atoms with Crippen LogP contribution in [-0.4, -0.2) is 54.5 Å². The summed E-state index contributed by atoms with van der Waals surface area (Å²) in [7, 11) is 1.70. The first-order valence-corrected chi connectivity index (χ1v) is 11.1. The average molecular weight is 421 g/mol. The summed E-state index contributed by atoms with van der Waals surface area (Å²) < 4.78 is 31.9. The first-order chi connectivity index (χ1) is 14.4. The summed E-state index contributed by atoms with van der Waals surface area (Å²) in [6, 6.07) is 3.15. The van der Waals surface area contributed by atoms with E-state index in [-0.39, 0.29) is 23.2 Å². The van der Waals surface area contributed by atoms with Gasteiger partial charge in [0, 0.05) is 37.8 Å². The molecule has 2 heterocycles. The van der Waals surface area contributed by atoms with E-state index >= 15 is 0 Å². The summed E-state index contributed by atoms with van der Waals surface area (Å²) in [5, 5.41) is 0. The quantitative estimate of drug-likeness (QED) is 0.660. The number of piperidine rings is 1. The van der Waals surface area contributed by atoms with Gasteiger partial charge >= 0.3 is 5.76 Å². The van der Waals surface area contributed by atoms with E-state index in [2.05, 4.69) is 11.8 Å². The van der Waals surface area contributed by atoms with Crippen LogP contribution in [0.5, 0.6) is 0 Å². The maximum absolute atomic E-state index is 13.9. The molecule has 1 saturated carbocycles. The van der Waals surface area contributed by atoms with Gasteiger partial charge in [-0.2, -0.15) is 0 Å². The van der Waals surface area contributed by atoms with Crippen LogP contribution < -0.4 is 5.76 Å². The number of aryl methyl sites for hydroxylation is 1. The van der Waals surface area contributed by atoms with E-state index in [1.165, 1.54) is 6.07 Å². The Morgan fingerprint density at radius 3 is 2.53 bits per heavy atom. The molecule has 1 aliphatic heterocycles. The van der Waals surface area contributed by atoms with Crippen molar-refractivity contribution in [1.29, 1.82) is 0 Å². The number of aromatic nitrogens is 1. The molecular formula is C23H33FN2O4. The predicted octanol–water partition coefficient (Wildman–Crippen LogP) is 4.04. The number of hydrogen-bond acceptors (Lipinski definition) is 5. The van der Waals surface area contributed by atoms with Gasteiger partial charge in [0.2, 0.25) is 0 Å². The van der Waals surface area contributed by atoms with Crippen molar-refractivity contribution in [2.75, 3.05) is 33.4 Å². The minimum absolute atomic E-state index is 0.0946. The summed E-state index contributed by atoms with van der Waals surface area (Å²) in [4.78, 5) is 15.1. The van der Waals surface area contributed by atoms with Gasteiger partial charge in [0.15, 0.2) is 5.58 Å². The summed E-state index contributed by atoms with van der Waals surface area (Å²) in [6.07, 6.45) is 6.55. The van der Waals surface area contributed by atoms with Crippen molar-refractivity contribution in [2.45, 2.75) is 70.1 Å². The monoisotopic (exact) mass is 420 g/mol. The van der Waals surface area contributed by atoms with Crippen molar-refractivity contribution in [1.82, 2.24) is 9.47 Å². The van der Waals surface area contributed by atoms with E-state index in [0.29, 0.717) is 36.0 Å². The van der Waals surface area contributed by atoms with Crippen molar-refractivity contribution in [3.05, 3.63) is 34.1 Å². The molecule has 1 aromatic heterocycles. The Kier molecular flexibility index (Phi) is 6.32. The molecule has 0 atom stereocenters. The highest BCUT2D eigenvalue weighted by molar-refractivity contribution is 5.74. The zero-order valence-corrected chi connectivity index (χ0v) is 18.3. The summed E-state index contributed by atoms with van der Waals surface area (Å²) >= 11 is 0. The van der Waals surface area contributed by atoms with Crippen LogP contribution in [0.3, 0.4) is 0 Å². The Bertz CT molecular complexity index is 921. The van der Waals surface area contributed by atoms with E-state index in [9.17, 15) is 9.18 Å². The zero-order chi connectivity index (χ0) is 21.3. The van der Waals surface area contributed by atoms with E-state index in [4.69, 9.17) is 13.9 Å². The second kappa shape index (κ2) is 8.81. The van der Waals surface area contributed by atoms with E-state index in [1.807, 2.05) is 0 Å². The number of rotatable bonds is 6. The molecule has 2 fully saturated rings. The fourth-order valence-electron chi connectivity index (χ4n) is 5.16. The van der Waals surface area contributed by atoms with Crippen LogP contribution in [0.4, 0.5) is 4.39 Å². The standard InChI is InChI=1S/C23H33FN2O4/c1-16-14-20-21(15-19(16)24)30-22(27)26(20)17-6-10-25(11-7-17)23(2)8-4-18(5-9-23)29-13-12-28-3/h14-15,17-18H,4-13H2,1-3H3/t18-,23-. The van der Waals surface area contributed by atoms with Crippen molar-refractivity contribution in [3.63, 3.8) is 0 Å².